The van der Waals surface area contributed by atoms with Crippen LogP contribution in [0.4, 0.5) is 0 Å². The first kappa shape index (κ1) is 14.5. The van der Waals surface area contributed by atoms with Crippen LogP contribution in [0, 0.1) is 0 Å². The maximum absolute atomic E-state index is 5.92. The predicted octanol–water partition coefficient (Wildman–Crippen LogP) is 2.94. The monoisotopic (exact) mass is 310 g/mol. The lowest BCUT2D eigenvalue weighted by atomic mass is 10.1. The molecule has 0 saturated heterocycles. The van der Waals surface area contributed by atoms with Gasteiger partial charge in [-0.15, -0.1) is 11.3 Å². The molecular weight excluding hydrogens is 292 g/mol. The summed E-state index contributed by atoms with van der Waals surface area (Å²) >= 11 is 1.76. The Morgan fingerprint density at radius 2 is 2.09 bits per heavy atom. The van der Waals surface area contributed by atoms with Gasteiger partial charge in [-0.3, -0.25) is 4.98 Å². The van der Waals surface area contributed by atoms with Crippen LogP contribution >= 0.6 is 11.3 Å². The summed E-state index contributed by atoms with van der Waals surface area (Å²) in [4.78, 5) is 10.1. The number of pyridine rings is 1. The highest BCUT2D eigenvalue weighted by atomic mass is 32.1. The number of thiophene rings is 1. The maximum atomic E-state index is 5.92. The van der Waals surface area contributed by atoms with Gasteiger partial charge in [-0.05, 0) is 29.3 Å². The summed E-state index contributed by atoms with van der Waals surface area (Å²) in [7, 11) is 0. The summed E-state index contributed by atoms with van der Waals surface area (Å²) in [6.07, 6.45) is 2.77. The van der Waals surface area contributed by atoms with Crippen molar-refractivity contribution in [3.05, 3.63) is 64.6 Å². The second-order valence-corrected chi connectivity index (χ2v) is 5.97. The fourth-order valence-electron chi connectivity index (χ4n) is 2.29. The molecule has 0 aliphatic carbocycles. The van der Waals surface area contributed by atoms with Gasteiger partial charge < -0.3 is 11.1 Å². The zero-order valence-electron chi connectivity index (χ0n) is 12.2. The molecule has 0 spiro atoms. The van der Waals surface area contributed by atoms with Crippen LogP contribution in [0.2, 0.25) is 0 Å². The Bertz CT molecular complexity index is 760. The summed E-state index contributed by atoms with van der Waals surface area (Å²) in [5, 5.41) is 7.53. The number of hydrogen-bond acceptors (Lipinski definition) is 3. The Morgan fingerprint density at radius 1 is 1.18 bits per heavy atom. The number of fused-ring (bicyclic) bond motifs is 1. The van der Waals surface area contributed by atoms with Crippen LogP contribution in [0.1, 0.15) is 10.6 Å². The molecule has 0 aliphatic rings. The molecule has 1 aromatic carbocycles. The average Bonchev–Trinajstić information content (AvgIpc) is 3.06. The number of guanidine groups is 1. The standard InChI is InChI=1S/C17H18N4S/c18-17(20-10-8-14-5-3-11-22-14)21-12-16-15-6-2-1-4-13(15)7-9-19-16/h1-7,9,11H,8,10,12H2,(H3,18,20,21). The van der Waals surface area contributed by atoms with Gasteiger partial charge in [-0.1, -0.05) is 30.3 Å². The number of aliphatic imine (C=N–C) groups is 1. The van der Waals surface area contributed by atoms with Crippen molar-refractivity contribution in [1.29, 1.82) is 0 Å². The smallest absolute Gasteiger partial charge is 0.188 e. The Balaban J connectivity index is 1.60. The highest BCUT2D eigenvalue weighted by molar-refractivity contribution is 7.09. The summed E-state index contributed by atoms with van der Waals surface area (Å²) in [5.74, 6) is 0.464. The molecule has 0 bridgehead atoms. The first-order chi connectivity index (χ1) is 10.8. The van der Waals surface area contributed by atoms with Crippen molar-refractivity contribution in [2.24, 2.45) is 10.7 Å². The molecule has 3 aromatic rings. The molecule has 0 radical (unpaired) electrons. The number of benzene rings is 1. The average molecular weight is 310 g/mol. The normalized spacial score (nSPS) is 11.7. The minimum absolute atomic E-state index is 0.464. The zero-order valence-corrected chi connectivity index (χ0v) is 13.0. The molecule has 0 aliphatic heterocycles. The largest absolute Gasteiger partial charge is 0.370 e. The summed E-state index contributed by atoms with van der Waals surface area (Å²) in [6.45, 7) is 1.28. The Kier molecular flexibility index (Phi) is 4.65. The Morgan fingerprint density at radius 3 is 2.95 bits per heavy atom. The van der Waals surface area contributed by atoms with Crippen LogP contribution in [0.25, 0.3) is 10.8 Å². The summed E-state index contributed by atoms with van der Waals surface area (Å²) in [6, 6.07) is 14.4. The zero-order chi connectivity index (χ0) is 15.2. The molecule has 0 fully saturated rings. The van der Waals surface area contributed by atoms with E-state index < -0.39 is 0 Å². The minimum Gasteiger partial charge on any atom is -0.370 e. The van der Waals surface area contributed by atoms with Crippen molar-refractivity contribution < 1.29 is 0 Å². The lowest BCUT2D eigenvalue weighted by Gasteiger charge is -2.06. The third kappa shape index (κ3) is 3.62. The number of nitrogens with one attached hydrogen (secondary N) is 1. The van der Waals surface area contributed by atoms with E-state index in [1.54, 1.807) is 11.3 Å². The van der Waals surface area contributed by atoms with Gasteiger partial charge in [0.2, 0.25) is 0 Å². The molecule has 0 saturated carbocycles. The third-order valence-corrected chi connectivity index (χ3v) is 4.35. The van der Waals surface area contributed by atoms with E-state index in [0.717, 1.165) is 24.0 Å². The van der Waals surface area contributed by atoms with Crippen LogP contribution in [-0.2, 0) is 13.0 Å². The van der Waals surface area contributed by atoms with Crippen molar-refractivity contribution in [3.63, 3.8) is 0 Å². The van der Waals surface area contributed by atoms with Gasteiger partial charge in [-0.25, -0.2) is 4.99 Å². The van der Waals surface area contributed by atoms with E-state index in [1.165, 1.54) is 10.3 Å². The topological polar surface area (TPSA) is 63.3 Å². The molecule has 0 amide bonds. The molecule has 0 atom stereocenters. The van der Waals surface area contributed by atoms with Gasteiger partial charge in [-0.2, -0.15) is 0 Å². The molecule has 112 valence electrons. The van der Waals surface area contributed by atoms with Crippen molar-refractivity contribution >= 4 is 28.1 Å². The van der Waals surface area contributed by atoms with Crippen molar-refractivity contribution in [2.45, 2.75) is 13.0 Å². The fraction of sp³-hybridized carbons (Fsp3) is 0.176. The first-order valence-electron chi connectivity index (χ1n) is 7.22. The van der Waals surface area contributed by atoms with Gasteiger partial charge in [0, 0.05) is 23.0 Å². The highest BCUT2D eigenvalue weighted by Gasteiger charge is 2.01. The molecule has 4 nitrogen and oxygen atoms in total. The molecule has 5 heteroatoms. The van der Waals surface area contributed by atoms with Crippen LogP contribution in [0.15, 0.2) is 59.0 Å². The number of nitrogens with two attached hydrogens (primary N) is 1. The summed E-state index contributed by atoms with van der Waals surface area (Å²) < 4.78 is 0. The fourth-order valence-corrected chi connectivity index (χ4v) is 3.00. The van der Waals surface area contributed by atoms with Crippen LogP contribution in [-0.4, -0.2) is 17.5 Å². The number of nitrogens with zero attached hydrogens (tertiary/aromatic N) is 2. The Labute approximate surface area is 133 Å². The van der Waals surface area contributed by atoms with Crippen molar-refractivity contribution in [3.8, 4) is 0 Å². The van der Waals surface area contributed by atoms with Crippen LogP contribution in [0.5, 0.6) is 0 Å². The number of hydrogen-bond donors (Lipinski definition) is 2. The second-order valence-electron chi connectivity index (χ2n) is 4.94. The second kappa shape index (κ2) is 7.04. The van der Waals surface area contributed by atoms with Crippen LogP contribution < -0.4 is 11.1 Å². The van der Waals surface area contributed by atoms with Gasteiger partial charge in [0.25, 0.3) is 0 Å². The van der Waals surface area contributed by atoms with E-state index in [-0.39, 0.29) is 0 Å². The molecule has 22 heavy (non-hydrogen) atoms. The van der Waals surface area contributed by atoms with E-state index in [4.69, 9.17) is 5.73 Å². The first-order valence-corrected chi connectivity index (χ1v) is 8.10. The van der Waals surface area contributed by atoms with Gasteiger partial charge in [0.1, 0.15) is 0 Å². The molecule has 0 unspecified atom stereocenters. The maximum Gasteiger partial charge on any atom is 0.188 e. The van der Waals surface area contributed by atoms with E-state index >= 15 is 0 Å². The molecule has 2 heterocycles. The molecular formula is C17H18N4S. The van der Waals surface area contributed by atoms with E-state index in [2.05, 4.69) is 44.9 Å². The number of rotatable bonds is 5. The SMILES string of the molecule is NC(=NCc1nccc2ccccc12)NCCc1cccs1. The van der Waals surface area contributed by atoms with Crippen LogP contribution in [0.3, 0.4) is 0 Å². The van der Waals surface area contributed by atoms with E-state index in [1.807, 2.05) is 24.4 Å². The van der Waals surface area contributed by atoms with Crippen molar-refractivity contribution in [2.75, 3.05) is 6.54 Å². The van der Waals surface area contributed by atoms with Gasteiger partial charge in [0.05, 0.1) is 12.2 Å². The Hall–Kier alpha value is -2.40. The predicted molar refractivity (Wildman–Crippen MR) is 93.1 cm³/mol. The lowest BCUT2D eigenvalue weighted by Crippen LogP contribution is -2.33. The molecule has 3 rings (SSSR count). The van der Waals surface area contributed by atoms with E-state index in [0.29, 0.717) is 12.5 Å². The lowest BCUT2D eigenvalue weighted by molar-refractivity contribution is 0.854. The molecule has 3 N–H and O–H groups in total. The quantitative estimate of drug-likeness (QED) is 0.562. The van der Waals surface area contributed by atoms with Crippen molar-refractivity contribution in [1.82, 2.24) is 10.3 Å². The number of aromatic nitrogens is 1. The van der Waals surface area contributed by atoms with E-state index in [9.17, 15) is 0 Å². The van der Waals surface area contributed by atoms with Gasteiger partial charge >= 0.3 is 0 Å². The highest BCUT2D eigenvalue weighted by Crippen LogP contribution is 2.16. The van der Waals surface area contributed by atoms with Gasteiger partial charge in [0.15, 0.2) is 5.96 Å². The third-order valence-electron chi connectivity index (χ3n) is 3.41. The summed E-state index contributed by atoms with van der Waals surface area (Å²) in [5.41, 5.74) is 6.87. The molecule has 2 aromatic heterocycles. The minimum atomic E-state index is 0.464.